The van der Waals surface area contributed by atoms with Crippen molar-refractivity contribution in [1.82, 2.24) is 4.90 Å². The average molecular weight is 259 g/mol. The second-order valence-electron chi connectivity index (χ2n) is 5.79. The van der Waals surface area contributed by atoms with E-state index in [9.17, 15) is 5.11 Å². The molecule has 0 saturated carbocycles. The molecular formula is C17H25NO. The fourth-order valence-corrected chi connectivity index (χ4v) is 3.38. The largest absolute Gasteiger partial charge is 0.508 e. The van der Waals surface area contributed by atoms with Crippen LogP contribution in [0.5, 0.6) is 5.75 Å². The Morgan fingerprint density at radius 2 is 2.32 bits per heavy atom. The van der Waals surface area contributed by atoms with Gasteiger partial charge in [0.15, 0.2) is 0 Å². The summed E-state index contributed by atoms with van der Waals surface area (Å²) in [5.74, 6) is 0.992. The summed E-state index contributed by atoms with van der Waals surface area (Å²) in [5, 5.41) is 9.78. The molecule has 0 unspecified atom stereocenters. The fourth-order valence-electron chi connectivity index (χ4n) is 3.38. The van der Waals surface area contributed by atoms with Crippen LogP contribution < -0.4 is 0 Å². The van der Waals surface area contributed by atoms with Crippen LogP contribution >= 0.6 is 0 Å². The van der Waals surface area contributed by atoms with Crippen LogP contribution in [0.15, 0.2) is 36.9 Å². The summed E-state index contributed by atoms with van der Waals surface area (Å²) in [6.07, 6.45) is 4.31. The first-order chi connectivity index (χ1) is 9.12. The first kappa shape index (κ1) is 14.1. The summed E-state index contributed by atoms with van der Waals surface area (Å²) < 4.78 is 0. The lowest BCUT2D eigenvalue weighted by atomic mass is 9.69. The number of hydrogen-bond acceptors (Lipinski definition) is 2. The molecule has 0 amide bonds. The number of phenols is 1. The molecule has 0 aromatic heterocycles. The summed E-state index contributed by atoms with van der Waals surface area (Å²) in [5.41, 5.74) is 1.46. The first-order valence-corrected chi connectivity index (χ1v) is 7.25. The molecule has 0 spiro atoms. The highest BCUT2D eigenvalue weighted by Crippen LogP contribution is 2.43. The van der Waals surface area contributed by atoms with Gasteiger partial charge in [0.25, 0.3) is 0 Å². The van der Waals surface area contributed by atoms with Crippen LogP contribution in [0.1, 0.15) is 32.3 Å². The van der Waals surface area contributed by atoms with E-state index in [-0.39, 0.29) is 5.41 Å². The molecule has 19 heavy (non-hydrogen) atoms. The van der Waals surface area contributed by atoms with E-state index in [1.165, 1.54) is 12.0 Å². The van der Waals surface area contributed by atoms with Crippen molar-refractivity contribution in [3.05, 3.63) is 42.5 Å². The fraction of sp³-hybridized carbons (Fsp3) is 0.529. The van der Waals surface area contributed by atoms with Gasteiger partial charge in [-0.3, -0.25) is 4.90 Å². The molecule has 0 aliphatic carbocycles. The Balaban J connectivity index is 2.34. The minimum Gasteiger partial charge on any atom is -0.508 e. The van der Waals surface area contributed by atoms with Gasteiger partial charge in [0.05, 0.1) is 0 Å². The van der Waals surface area contributed by atoms with Gasteiger partial charge in [-0.1, -0.05) is 38.5 Å². The zero-order valence-corrected chi connectivity index (χ0v) is 12.1. The molecule has 0 radical (unpaired) electrons. The highest BCUT2D eigenvalue weighted by Gasteiger charge is 2.42. The maximum absolute atomic E-state index is 9.78. The van der Waals surface area contributed by atoms with Gasteiger partial charge in [-0.05, 0) is 36.6 Å². The molecule has 1 heterocycles. The SMILES string of the molecule is C=CCN1CC[C@](c2cccc(O)c2)([C@H](C)CC)C1. The first-order valence-electron chi connectivity index (χ1n) is 7.25. The second kappa shape index (κ2) is 5.79. The van der Waals surface area contributed by atoms with Crippen LogP contribution in [0.25, 0.3) is 0 Å². The Hall–Kier alpha value is -1.28. The quantitative estimate of drug-likeness (QED) is 0.817. The average Bonchev–Trinajstić information content (AvgIpc) is 2.84. The number of rotatable bonds is 5. The Labute approximate surface area is 116 Å². The van der Waals surface area contributed by atoms with Crippen LogP contribution in [-0.4, -0.2) is 29.6 Å². The van der Waals surface area contributed by atoms with Gasteiger partial charge < -0.3 is 5.11 Å². The Bertz CT molecular complexity index is 443. The molecule has 2 heteroatoms. The van der Waals surface area contributed by atoms with Crippen LogP contribution in [0, 0.1) is 5.92 Å². The predicted molar refractivity (Wildman–Crippen MR) is 80.5 cm³/mol. The minimum atomic E-state index is 0.177. The highest BCUT2D eigenvalue weighted by atomic mass is 16.3. The lowest BCUT2D eigenvalue weighted by molar-refractivity contribution is 0.263. The molecule has 1 fully saturated rings. The molecule has 104 valence electrons. The molecular weight excluding hydrogens is 234 g/mol. The van der Waals surface area contributed by atoms with Crippen LogP contribution in [0.3, 0.4) is 0 Å². The molecule has 1 aromatic carbocycles. The predicted octanol–water partition coefficient (Wildman–Crippen LogP) is 3.57. The minimum absolute atomic E-state index is 0.177. The summed E-state index contributed by atoms with van der Waals surface area (Å²) in [4.78, 5) is 2.46. The topological polar surface area (TPSA) is 23.5 Å². The maximum atomic E-state index is 9.78. The number of aromatic hydroxyl groups is 1. The number of benzene rings is 1. The highest BCUT2D eigenvalue weighted by molar-refractivity contribution is 5.35. The summed E-state index contributed by atoms with van der Waals surface area (Å²) in [7, 11) is 0. The van der Waals surface area contributed by atoms with Gasteiger partial charge in [0.2, 0.25) is 0 Å². The third kappa shape index (κ3) is 2.69. The standard InChI is InChI=1S/C17H25NO/c1-4-10-18-11-9-17(13-18,14(3)5-2)15-7-6-8-16(19)12-15/h4,6-8,12,14,19H,1,5,9-11,13H2,2-3H3/t14-,17-/m1/s1. The van der Waals surface area contributed by atoms with Crippen molar-refractivity contribution in [3.8, 4) is 5.75 Å². The Morgan fingerprint density at radius 1 is 1.53 bits per heavy atom. The molecule has 1 N–H and O–H groups in total. The van der Waals surface area contributed by atoms with E-state index in [0.29, 0.717) is 11.7 Å². The van der Waals surface area contributed by atoms with E-state index >= 15 is 0 Å². The van der Waals surface area contributed by atoms with Crippen LogP contribution in [-0.2, 0) is 5.41 Å². The zero-order valence-electron chi connectivity index (χ0n) is 12.1. The van der Waals surface area contributed by atoms with Crippen molar-refractivity contribution in [2.75, 3.05) is 19.6 Å². The lowest BCUT2D eigenvalue weighted by Gasteiger charge is -2.36. The normalized spacial score (nSPS) is 25.4. The molecule has 2 nitrogen and oxygen atoms in total. The van der Waals surface area contributed by atoms with E-state index in [2.05, 4.69) is 31.4 Å². The molecule has 2 atom stereocenters. The van der Waals surface area contributed by atoms with Gasteiger partial charge in [-0.2, -0.15) is 0 Å². The van der Waals surface area contributed by atoms with Gasteiger partial charge in [-0.15, -0.1) is 6.58 Å². The van der Waals surface area contributed by atoms with Gasteiger partial charge >= 0.3 is 0 Å². The van der Waals surface area contributed by atoms with E-state index < -0.39 is 0 Å². The number of phenolic OH excluding ortho intramolecular Hbond substituents is 1. The van der Waals surface area contributed by atoms with Crippen molar-refractivity contribution < 1.29 is 5.11 Å². The number of hydrogen-bond donors (Lipinski definition) is 1. The second-order valence-corrected chi connectivity index (χ2v) is 5.79. The molecule has 1 aliphatic rings. The summed E-state index contributed by atoms with van der Waals surface area (Å²) in [6, 6.07) is 7.84. The molecule has 1 aromatic rings. The van der Waals surface area contributed by atoms with Crippen molar-refractivity contribution in [3.63, 3.8) is 0 Å². The summed E-state index contributed by atoms with van der Waals surface area (Å²) >= 11 is 0. The van der Waals surface area contributed by atoms with E-state index in [1.807, 2.05) is 18.2 Å². The van der Waals surface area contributed by atoms with E-state index in [4.69, 9.17) is 0 Å². The van der Waals surface area contributed by atoms with Gasteiger partial charge in [0, 0.05) is 18.5 Å². The van der Waals surface area contributed by atoms with Crippen LogP contribution in [0.4, 0.5) is 0 Å². The smallest absolute Gasteiger partial charge is 0.115 e. The van der Waals surface area contributed by atoms with E-state index in [0.717, 1.165) is 26.1 Å². The molecule has 1 aliphatic heterocycles. The van der Waals surface area contributed by atoms with Crippen molar-refractivity contribution in [1.29, 1.82) is 0 Å². The summed E-state index contributed by atoms with van der Waals surface area (Å²) in [6.45, 7) is 11.6. The Kier molecular flexibility index (Phi) is 4.31. The van der Waals surface area contributed by atoms with Gasteiger partial charge in [-0.25, -0.2) is 0 Å². The van der Waals surface area contributed by atoms with E-state index in [1.54, 1.807) is 6.07 Å². The van der Waals surface area contributed by atoms with Crippen LogP contribution in [0.2, 0.25) is 0 Å². The van der Waals surface area contributed by atoms with Crippen molar-refractivity contribution in [2.45, 2.75) is 32.1 Å². The number of nitrogens with zero attached hydrogens (tertiary/aromatic N) is 1. The number of likely N-dealkylation sites (tertiary alicyclic amines) is 1. The maximum Gasteiger partial charge on any atom is 0.115 e. The van der Waals surface area contributed by atoms with Crippen molar-refractivity contribution >= 4 is 0 Å². The molecule has 2 rings (SSSR count). The Morgan fingerprint density at radius 3 is 2.95 bits per heavy atom. The molecule has 1 saturated heterocycles. The molecule has 0 bridgehead atoms. The zero-order chi connectivity index (χ0) is 13.9. The monoisotopic (exact) mass is 259 g/mol. The van der Waals surface area contributed by atoms with Gasteiger partial charge in [0.1, 0.15) is 5.75 Å². The van der Waals surface area contributed by atoms with Crippen molar-refractivity contribution in [2.24, 2.45) is 5.92 Å². The third-order valence-corrected chi connectivity index (χ3v) is 4.74. The lowest BCUT2D eigenvalue weighted by Crippen LogP contribution is -2.37. The third-order valence-electron chi connectivity index (χ3n) is 4.74.